The van der Waals surface area contributed by atoms with E-state index in [0.29, 0.717) is 0 Å². The zero-order valence-electron chi connectivity index (χ0n) is 12.6. The monoisotopic (exact) mass is 344 g/mol. The number of nitrogens with zero attached hydrogens (tertiary/aromatic N) is 3. The number of anilines is 1. The van der Waals surface area contributed by atoms with Gasteiger partial charge in [-0.3, -0.25) is 10.1 Å². The molecule has 0 saturated heterocycles. The first-order valence-corrected chi connectivity index (χ1v) is 6.91. The van der Waals surface area contributed by atoms with Gasteiger partial charge in [-0.15, -0.1) is 0 Å². The number of para-hydroxylation sites is 2. The van der Waals surface area contributed by atoms with Crippen LogP contribution in [0, 0.1) is 10.1 Å². The Morgan fingerprint density at radius 1 is 1.38 bits per heavy atom. The molecule has 7 nitrogen and oxygen atoms in total. The van der Waals surface area contributed by atoms with Gasteiger partial charge in [-0.05, 0) is 6.07 Å². The maximum absolute atomic E-state index is 13.3. The Bertz CT molecular complexity index is 732. The van der Waals surface area contributed by atoms with E-state index < -0.39 is 28.9 Å². The molecule has 1 unspecified atom stereocenters. The molecule has 0 aliphatic carbocycles. The van der Waals surface area contributed by atoms with Crippen LogP contribution in [0.1, 0.15) is 12.2 Å². The Kier molecular flexibility index (Phi) is 4.78. The van der Waals surface area contributed by atoms with Gasteiger partial charge < -0.3 is 15.0 Å². The lowest BCUT2D eigenvalue weighted by Gasteiger charge is -2.30. The fourth-order valence-electron chi connectivity index (χ4n) is 2.30. The molecule has 0 radical (unpaired) electrons. The molecule has 1 aromatic carbocycles. The van der Waals surface area contributed by atoms with E-state index in [9.17, 15) is 28.4 Å². The van der Waals surface area contributed by atoms with Crippen LogP contribution in [0.5, 0.6) is 0 Å². The SMILES string of the molecule is Cn1ccnc1C(O)(CCNc1ccccc1[N+](=O)[O-])C(F)(F)F. The number of hydrogen-bond donors (Lipinski definition) is 2. The quantitative estimate of drug-likeness (QED) is 0.621. The van der Waals surface area contributed by atoms with E-state index in [4.69, 9.17) is 0 Å². The van der Waals surface area contributed by atoms with Crippen LogP contribution >= 0.6 is 0 Å². The minimum Gasteiger partial charge on any atom is -0.379 e. The molecule has 1 atom stereocenters. The first kappa shape index (κ1) is 17.7. The number of halogens is 3. The second-order valence-corrected chi connectivity index (χ2v) is 5.17. The average molecular weight is 344 g/mol. The van der Waals surface area contributed by atoms with E-state index in [-0.39, 0.29) is 17.9 Å². The van der Waals surface area contributed by atoms with Crippen molar-refractivity contribution < 1.29 is 23.2 Å². The number of aryl methyl sites for hydroxylation is 1. The van der Waals surface area contributed by atoms with Crippen LogP contribution < -0.4 is 5.32 Å². The van der Waals surface area contributed by atoms with Gasteiger partial charge in [0.15, 0.2) is 0 Å². The standard InChI is InChI=1S/C14H15F3N4O3/c1-20-9-8-19-12(20)13(22,14(15,16)17)6-7-18-10-4-2-3-5-11(10)21(23)24/h2-5,8-9,18,22H,6-7H2,1H3. The minimum absolute atomic E-state index is 0.0758. The summed E-state index contributed by atoms with van der Waals surface area (Å²) < 4.78 is 41.1. The van der Waals surface area contributed by atoms with Gasteiger partial charge in [0.25, 0.3) is 5.69 Å². The van der Waals surface area contributed by atoms with E-state index in [1.165, 1.54) is 37.5 Å². The second kappa shape index (κ2) is 6.48. The number of imidazole rings is 1. The van der Waals surface area contributed by atoms with Crippen LogP contribution in [-0.2, 0) is 12.6 Å². The van der Waals surface area contributed by atoms with Crippen molar-refractivity contribution in [2.45, 2.75) is 18.2 Å². The van der Waals surface area contributed by atoms with E-state index in [1.807, 2.05) is 0 Å². The van der Waals surface area contributed by atoms with Crippen molar-refractivity contribution in [3.63, 3.8) is 0 Å². The van der Waals surface area contributed by atoms with Crippen molar-refractivity contribution >= 4 is 11.4 Å². The number of aromatic nitrogens is 2. The topological polar surface area (TPSA) is 93.2 Å². The van der Waals surface area contributed by atoms with E-state index >= 15 is 0 Å². The number of rotatable bonds is 6. The van der Waals surface area contributed by atoms with Crippen molar-refractivity contribution in [2.75, 3.05) is 11.9 Å². The summed E-state index contributed by atoms with van der Waals surface area (Å²) in [4.78, 5) is 13.8. The first-order chi connectivity index (χ1) is 11.2. The van der Waals surface area contributed by atoms with Gasteiger partial charge >= 0.3 is 6.18 Å². The zero-order valence-corrected chi connectivity index (χ0v) is 12.6. The Morgan fingerprint density at radius 3 is 2.58 bits per heavy atom. The van der Waals surface area contributed by atoms with Gasteiger partial charge in [0.05, 0.1) is 4.92 Å². The first-order valence-electron chi connectivity index (χ1n) is 6.91. The highest BCUT2D eigenvalue weighted by molar-refractivity contribution is 5.61. The summed E-state index contributed by atoms with van der Waals surface area (Å²) in [6.45, 7) is -0.340. The molecule has 1 aromatic heterocycles. The minimum atomic E-state index is -4.95. The third kappa shape index (κ3) is 3.32. The lowest BCUT2D eigenvalue weighted by atomic mass is 9.97. The second-order valence-electron chi connectivity index (χ2n) is 5.17. The summed E-state index contributed by atoms with van der Waals surface area (Å²) in [5.41, 5.74) is -3.35. The van der Waals surface area contributed by atoms with Crippen molar-refractivity contribution in [2.24, 2.45) is 7.05 Å². The Balaban J connectivity index is 2.19. The molecule has 0 aliphatic rings. The molecule has 2 rings (SSSR count). The third-order valence-corrected chi connectivity index (χ3v) is 3.56. The number of aliphatic hydroxyl groups is 1. The van der Waals surface area contributed by atoms with Gasteiger partial charge in [-0.2, -0.15) is 13.2 Å². The molecule has 0 aliphatic heterocycles. The predicted octanol–water partition coefficient (Wildman–Crippen LogP) is 2.58. The van der Waals surface area contributed by atoms with Crippen LogP contribution in [0.2, 0.25) is 0 Å². The fourth-order valence-corrected chi connectivity index (χ4v) is 2.30. The normalized spacial score (nSPS) is 14.2. The fraction of sp³-hybridized carbons (Fsp3) is 0.357. The van der Waals surface area contributed by atoms with Crippen LogP contribution in [-0.4, -0.2) is 32.3 Å². The molecule has 130 valence electrons. The number of benzene rings is 1. The molecule has 0 spiro atoms. The van der Waals surface area contributed by atoms with Crippen molar-refractivity contribution in [1.82, 2.24) is 9.55 Å². The van der Waals surface area contributed by atoms with Gasteiger partial charge in [0.2, 0.25) is 5.60 Å². The summed E-state index contributed by atoms with van der Waals surface area (Å²) >= 11 is 0. The molecular weight excluding hydrogens is 329 g/mol. The molecule has 24 heavy (non-hydrogen) atoms. The van der Waals surface area contributed by atoms with Crippen molar-refractivity contribution in [3.05, 3.63) is 52.6 Å². The molecule has 2 aromatic rings. The highest BCUT2D eigenvalue weighted by Gasteiger charge is 2.57. The molecule has 1 heterocycles. The van der Waals surface area contributed by atoms with E-state index in [2.05, 4.69) is 10.3 Å². The zero-order chi connectivity index (χ0) is 18.0. The van der Waals surface area contributed by atoms with Gasteiger partial charge in [0.1, 0.15) is 11.5 Å². The number of hydrogen-bond acceptors (Lipinski definition) is 5. The van der Waals surface area contributed by atoms with E-state index in [1.54, 1.807) is 0 Å². The summed E-state index contributed by atoms with van der Waals surface area (Å²) in [6.07, 6.45) is -3.26. The largest absolute Gasteiger partial charge is 0.424 e. The smallest absolute Gasteiger partial charge is 0.379 e. The lowest BCUT2D eigenvalue weighted by molar-refractivity contribution is -0.384. The number of nitrogens with one attached hydrogen (secondary N) is 1. The number of nitro groups is 1. The van der Waals surface area contributed by atoms with Crippen LogP contribution in [0.4, 0.5) is 24.5 Å². The van der Waals surface area contributed by atoms with Gasteiger partial charge in [-0.1, -0.05) is 12.1 Å². The highest BCUT2D eigenvalue weighted by Crippen LogP contribution is 2.40. The summed E-state index contributed by atoms with van der Waals surface area (Å²) in [5.74, 6) is -0.542. The lowest BCUT2D eigenvalue weighted by Crippen LogP contribution is -2.45. The van der Waals surface area contributed by atoms with Crippen molar-refractivity contribution in [3.8, 4) is 0 Å². The molecule has 10 heteroatoms. The third-order valence-electron chi connectivity index (χ3n) is 3.56. The summed E-state index contributed by atoms with van der Waals surface area (Å²) in [5, 5.41) is 23.6. The summed E-state index contributed by atoms with van der Waals surface area (Å²) in [7, 11) is 1.34. The van der Waals surface area contributed by atoms with Gasteiger partial charge in [-0.25, -0.2) is 4.98 Å². The Hall–Kier alpha value is -2.62. The van der Waals surface area contributed by atoms with E-state index in [0.717, 1.165) is 10.8 Å². The van der Waals surface area contributed by atoms with Crippen LogP contribution in [0.15, 0.2) is 36.7 Å². The molecule has 0 amide bonds. The molecular formula is C14H15F3N4O3. The predicted molar refractivity (Wildman–Crippen MR) is 79.4 cm³/mol. The highest BCUT2D eigenvalue weighted by atomic mass is 19.4. The number of alkyl halides is 3. The molecule has 2 N–H and O–H groups in total. The molecule has 0 saturated carbocycles. The van der Waals surface area contributed by atoms with Gasteiger partial charge in [0, 0.05) is 38.5 Å². The maximum Gasteiger partial charge on any atom is 0.424 e. The average Bonchev–Trinajstić information content (AvgIpc) is 2.93. The molecule has 0 fully saturated rings. The van der Waals surface area contributed by atoms with Crippen molar-refractivity contribution in [1.29, 1.82) is 0 Å². The molecule has 0 bridgehead atoms. The number of nitro benzene ring substituents is 1. The Morgan fingerprint density at radius 2 is 2.04 bits per heavy atom. The van der Waals surface area contributed by atoms with Crippen LogP contribution in [0.3, 0.4) is 0 Å². The Labute approximate surface area is 134 Å². The van der Waals surface area contributed by atoms with Crippen LogP contribution in [0.25, 0.3) is 0 Å². The maximum atomic E-state index is 13.3. The summed E-state index contributed by atoms with van der Waals surface area (Å²) in [6, 6.07) is 5.58.